The molecule has 0 aromatic heterocycles. The van der Waals surface area contributed by atoms with Gasteiger partial charge in [-0.2, -0.15) is 0 Å². The summed E-state index contributed by atoms with van der Waals surface area (Å²) in [5, 5.41) is 25.0. The standard InChI is InChI=1S/C7H7B.C4H11NO3/c1-6-4-2-3-5-7(6)8;5-4(1-6,2-7)3-8/h2-5H,1H3;6-8H,1-3,5H2. The van der Waals surface area contributed by atoms with Crippen LogP contribution in [0.15, 0.2) is 24.3 Å². The lowest BCUT2D eigenvalue weighted by atomic mass is 9.92. The van der Waals surface area contributed by atoms with Gasteiger partial charge in [-0.25, -0.2) is 0 Å². The molecule has 88 valence electrons. The molecule has 0 saturated carbocycles. The van der Waals surface area contributed by atoms with Crippen LogP contribution in [0.2, 0.25) is 0 Å². The first-order chi connectivity index (χ1) is 7.49. The average molecular weight is 223 g/mol. The molecular weight excluding hydrogens is 205 g/mol. The lowest BCUT2D eigenvalue weighted by molar-refractivity contribution is 0.0698. The zero-order valence-electron chi connectivity index (χ0n) is 9.43. The highest BCUT2D eigenvalue weighted by atomic mass is 16.3. The van der Waals surface area contributed by atoms with Crippen molar-refractivity contribution in [2.45, 2.75) is 12.5 Å². The van der Waals surface area contributed by atoms with Crippen LogP contribution in [0.3, 0.4) is 0 Å². The highest BCUT2D eigenvalue weighted by molar-refractivity contribution is 6.33. The molecule has 0 aliphatic carbocycles. The van der Waals surface area contributed by atoms with E-state index in [2.05, 4.69) is 0 Å². The molecule has 0 fully saturated rings. The molecule has 0 spiro atoms. The van der Waals surface area contributed by atoms with Crippen molar-refractivity contribution in [3.05, 3.63) is 29.8 Å². The van der Waals surface area contributed by atoms with Gasteiger partial charge in [0.2, 0.25) is 0 Å². The first kappa shape index (κ1) is 15.1. The Morgan fingerprint density at radius 3 is 1.75 bits per heavy atom. The van der Waals surface area contributed by atoms with Crippen molar-refractivity contribution in [1.82, 2.24) is 0 Å². The van der Waals surface area contributed by atoms with Gasteiger partial charge in [-0.05, 0) is 6.92 Å². The van der Waals surface area contributed by atoms with Gasteiger partial charge in [0.15, 0.2) is 0 Å². The molecule has 0 aliphatic rings. The van der Waals surface area contributed by atoms with Gasteiger partial charge in [-0.15, -0.1) is 0 Å². The molecule has 4 nitrogen and oxygen atoms in total. The molecule has 5 heteroatoms. The number of nitrogens with two attached hydrogens (primary N) is 1. The quantitative estimate of drug-likeness (QED) is 0.467. The lowest BCUT2D eigenvalue weighted by Gasteiger charge is -2.20. The van der Waals surface area contributed by atoms with Crippen molar-refractivity contribution < 1.29 is 15.3 Å². The molecule has 0 amide bonds. The van der Waals surface area contributed by atoms with Crippen LogP contribution in [0.25, 0.3) is 0 Å². The van der Waals surface area contributed by atoms with Gasteiger partial charge < -0.3 is 21.1 Å². The van der Waals surface area contributed by atoms with E-state index >= 15 is 0 Å². The minimum atomic E-state index is -1.21. The fraction of sp³-hybridized carbons (Fsp3) is 0.455. The van der Waals surface area contributed by atoms with E-state index < -0.39 is 25.4 Å². The topological polar surface area (TPSA) is 86.7 Å². The Labute approximate surface area is 97.1 Å². The fourth-order valence-corrected chi connectivity index (χ4v) is 0.737. The van der Waals surface area contributed by atoms with E-state index in [-0.39, 0.29) is 0 Å². The molecule has 1 rings (SSSR count). The summed E-state index contributed by atoms with van der Waals surface area (Å²) in [6.45, 7) is 0.787. The van der Waals surface area contributed by atoms with E-state index in [1.54, 1.807) is 0 Å². The molecule has 5 N–H and O–H groups in total. The monoisotopic (exact) mass is 223 g/mol. The van der Waals surface area contributed by atoms with Gasteiger partial charge in [0, 0.05) is 0 Å². The molecule has 1 aromatic carbocycles. The first-order valence-electron chi connectivity index (χ1n) is 4.91. The fourth-order valence-electron chi connectivity index (χ4n) is 0.737. The SMILES string of the molecule is NC(CO)(CO)CO.[B]c1ccccc1C. The summed E-state index contributed by atoms with van der Waals surface area (Å²) >= 11 is 0. The molecular formula is C11H18BNO3. The van der Waals surface area contributed by atoms with Crippen molar-refractivity contribution in [3.63, 3.8) is 0 Å². The normalized spacial score (nSPS) is 10.6. The summed E-state index contributed by atoms with van der Waals surface area (Å²) in [6, 6.07) is 7.80. The van der Waals surface area contributed by atoms with Crippen LogP contribution in [0.4, 0.5) is 0 Å². The molecule has 0 bridgehead atoms. The highest BCUT2D eigenvalue weighted by Gasteiger charge is 2.20. The van der Waals surface area contributed by atoms with Crippen molar-refractivity contribution >= 4 is 13.3 Å². The Bertz CT molecular complexity index is 274. The van der Waals surface area contributed by atoms with Crippen molar-refractivity contribution in [3.8, 4) is 0 Å². The first-order valence-corrected chi connectivity index (χ1v) is 4.91. The van der Waals surface area contributed by atoms with E-state index in [1.807, 2.05) is 31.2 Å². The largest absolute Gasteiger partial charge is 0.394 e. The van der Waals surface area contributed by atoms with Crippen LogP contribution in [-0.2, 0) is 0 Å². The van der Waals surface area contributed by atoms with E-state index in [0.717, 1.165) is 11.0 Å². The minimum absolute atomic E-state index is 0.403. The third-order valence-corrected chi connectivity index (χ3v) is 2.13. The predicted octanol–water partition coefficient (Wildman–Crippen LogP) is -1.55. The maximum Gasteiger partial charge on any atom is 0.114 e. The van der Waals surface area contributed by atoms with Crippen LogP contribution in [-0.4, -0.2) is 48.5 Å². The van der Waals surface area contributed by atoms with Gasteiger partial charge in [-0.3, -0.25) is 0 Å². The number of aryl methyl sites for hydroxylation is 1. The summed E-state index contributed by atoms with van der Waals surface area (Å²) in [7, 11) is 5.52. The predicted molar refractivity (Wildman–Crippen MR) is 64.7 cm³/mol. The van der Waals surface area contributed by atoms with Crippen molar-refractivity contribution in [2.75, 3.05) is 19.8 Å². The summed E-state index contributed by atoms with van der Waals surface area (Å²) in [5.41, 5.74) is 5.95. The second kappa shape index (κ2) is 7.41. The van der Waals surface area contributed by atoms with Crippen molar-refractivity contribution in [2.24, 2.45) is 5.73 Å². The Morgan fingerprint density at radius 1 is 1.12 bits per heavy atom. The Kier molecular flexibility index (Phi) is 7.00. The third kappa shape index (κ3) is 5.28. The summed E-state index contributed by atoms with van der Waals surface area (Å²) in [4.78, 5) is 0. The second-order valence-electron chi connectivity index (χ2n) is 3.69. The zero-order chi connectivity index (χ0) is 12.6. The van der Waals surface area contributed by atoms with Crippen LogP contribution in [0, 0.1) is 6.92 Å². The van der Waals surface area contributed by atoms with Crippen molar-refractivity contribution in [1.29, 1.82) is 0 Å². The molecule has 16 heavy (non-hydrogen) atoms. The van der Waals surface area contributed by atoms with Crippen LogP contribution in [0.1, 0.15) is 5.56 Å². The lowest BCUT2D eigenvalue weighted by Crippen LogP contribution is -2.50. The third-order valence-electron chi connectivity index (χ3n) is 2.13. The van der Waals surface area contributed by atoms with Gasteiger partial charge in [-0.1, -0.05) is 35.3 Å². The molecule has 0 unspecified atom stereocenters. The smallest absolute Gasteiger partial charge is 0.114 e. The summed E-state index contributed by atoms with van der Waals surface area (Å²) in [6.07, 6.45) is 0. The number of aliphatic hydroxyl groups is 3. The van der Waals surface area contributed by atoms with Crippen LogP contribution >= 0.6 is 0 Å². The molecule has 2 radical (unpaired) electrons. The molecule has 0 aliphatic heterocycles. The molecule has 1 aromatic rings. The number of hydrogen-bond donors (Lipinski definition) is 4. The Hall–Kier alpha value is -0.875. The van der Waals surface area contributed by atoms with Gasteiger partial charge >= 0.3 is 0 Å². The maximum atomic E-state index is 8.34. The molecule has 0 atom stereocenters. The van der Waals surface area contributed by atoms with Crippen LogP contribution < -0.4 is 11.2 Å². The number of hydrogen-bond acceptors (Lipinski definition) is 4. The van der Waals surface area contributed by atoms with E-state index in [4.69, 9.17) is 28.9 Å². The van der Waals surface area contributed by atoms with Gasteiger partial charge in [0.1, 0.15) is 7.85 Å². The molecule has 0 saturated heterocycles. The van der Waals surface area contributed by atoms with E-state index in [0.29, 0.717) is 0 Å². The van der Waals surface area contributed by atoms with E-state index in [9.17, 15) is 0 Å². The summed E-state index contributed by atoms with van der Waals surface area (Å²) < 4.78 is 0. The number of benzene rings is 1. The van der Waals surface area contributed by atoms with Gasteiger partial charge in [0.25, 0.3) is 0 Å². The highest BCUT2D eigenvalue weighted by Crippen LogP contribution is 1.93. The zero-order valence-corrected chi connectivity index (χ0v) is 9.43. The van der Waals surface area contributed by atoms with E-state index in [1.165, 1.54) is 0 Å². The van der Waals surface area contributed by atoms with Gasteiger partial charge in [0.05, 0.1) is 25.4 Å². The van der Waals surface area contributed by atoms with Crippen LogP contribution in [0.5, 0.6) is 0 Å². The molecule has 0 heterocycles. The number of rotatable bonds is 3. The second-order valence-corrected chi connectivity index (χ2v) is 3.69. The summed E-state index contributed by atoms with van der Waals surface area (Å²) in [5.74, 6) is 0. The maximum absolute atomic E-state index is 8.34. The Balaban J connectivity index is 0.000000281. The Morgan fingerprint density at radius 2 is 1.56 bits per heavy atom. The average Bonchev–Trinajstić information content (AvgIpc) is 2.33. The number of aliphatic hydroxyl groups excluding tert-OH is 3. The minimum Gasteiger partial charge on any atom is -0.394 e.